The van der Waals surface area contributed by atoms with E-state index in [4.69, 9.17) is 0 Å². The summed E-state index contributed by atoms with van der Waals surface area (Å²) in [5, 5.41) is 0. The van der Waals surface area contributed by atoms with E-state index >= 15 is 0 Å². The summed E-state index contributed by atoms with van der Waals surface area (Å²) in [6.45, 7) is 13.0. The van der Waals surface area contributed by atoms with Crippen LogP contribution >= 0.6 is 0 Å². The molecule has 1 heterocycles. The SMILES string of the molecule is CC.CC.CC1CN(C)CCN1C(=O)C1(N(C)C)CC1. The van der Waals surface area contributed by atoms with Crippen LogP contribution in [0.15, 0.2) is 0 Å². The van der Waals surface area contributed by atoms with Crippen LogP contribution in [0.1, 0.15) is 47.5 Å². The highest BCUT2D eigenvalue weighted by Crippen LogP contribution is 2.42. The molecule has 1 saturated heterocycles. The smallest absolute Gasteiger partial charge is 0.243 e. The third-order valence-corrected chi connectivity index (χ3v) is 4.07. The van der Waals surface area contributed by atoms with Crippen LogP contribution in [0, 0.1) is 0 Å². The molecule has 1 aliphatic heterocycles. The Hall–Kier alpha value is -0.610. The molecule has 0 bridgehead atoms. The summed E-state index contributed by atoms with van der Waals surface area (Å²) < 4.78 is 0. The summed E-state index contributed by atoms with van der Waals surface area (Å²) >= 11 is 0. The number of nitrogens with zero attached hydrogens (tertiary/aromatic N) is 3. The average Bonchev–Trinajstić information content (AvgIpc) is 3.24. The number of hydrogen-bond acceptors (Lipinski definition) is 3. The number of rotatable bonds is 2. The summed E-state index contributed by atoms with van der Waals surface area (Å²) in [7, 11) is 6.16. The third kappa shape index (κ3) is 4.19. The highest BCUT2D eigenvalue weighted by Gasteiger charge is 2.54. The van der Waals surface area contributed by atoms with Gasteiger partial charge in [0.15, 0.2) is 0 Å². The molecule has 1 aliphatic carbocycles. The molecule has 1 unspecified atom stereocenters. The predicted molar refractivity (Wildman–Crippen MR) is 87.0 cm³/mol. The van der Waals surface area contributed by atoms with Crippen LogP contribution in [0.3, 0.4) is 0 Å². The second-order valence-electron chi connectivity index (χ2n) is 5.54. The molecule has 1 saturated carbocycles. The van der Waals surface area contributed by atoms with Gasteiger partial charge in [0.1, 0.15) is 5.54 Å². The van der Waals surface area contributed by atoms with Crippen molar-refractivity contribution in [2.75, 3.05) is 40.8 Å². The van der Waals surface area contributed by atoms with Crippen molar-refractivity contribution >= 4 is 5.91 Å². The molecule has 0 N–H and O–H groups in total. The molecule has 2 fully saturated rings. The largest absolute Gasteiger partial charge is 0.336 e. The van der Waals surface area contributed by atoms with E-state index < -0.39 is 0 Å². The molecule has 120 valence electrons. The van der Waals surface area contributed by atoms with Crippen LogP contribution in [0.2, 0.25) is 0 Å². The van der Waals surface area contributed by atoms with Gasteiger partial charge >= 0.3 is 0 Å². The standard InChI is InChI=1S/C12H23N3O.2C2H6/c1-10-9-14(4)7-8-15(10)11(16)12(5-6-12)13(2)3;2*1-2/h10H,5-9H2,1-4H3;2*1-2H3. The molecule has 0 aromatic heterocycles. The number of likely N-dealkylation sites (N-methyl/N-ethyl adjacent to an activating group) is 2. The first kappa shape index (κ1) is 19.4. The van der Waals surface area contributed by atoms with Crippen molar-refractivity contribution in [1.29, 1.82) is 0 Å². The van der Waals surface area contributed by atoms with Crippen LogP contribution in [0.5, 0.6) is 0 Å². The van der Waals surface area contributed by atoms with E-state index in [1.165, 1.54) is 0 Å². The van der Waals surface area contributed by atoms with Gasteiger partial charge in [0, 0.05) is 25.7 Å². The fourth-order valence-corrected chi connectivity index (χ4v) is 2.68. The second-order valence-corrected chi connectivity index (χ2v) is 5.54. The summed E-state index contributed by atoms with van der Waals surface area (Å²) in [4.78, 5) is 19.0. The maximum Gasteiger partial charge on any atom is 0.243 e. The minimum Gasteiger partial charge on any atom is -0.336 e. The lowest BCUT2D eigenvalue weighted by Gasteiger charge is -2.41. The molecule has 0 aromatic rings. The van der Waals surface area contributed by atoms with Crippen LogP contribution in [-0.4, -0.2) is 73.0 Å². The van der Waals surface area contributed by atoms with Gasteiger partial charge < -0.3 is 9.80 Å². The van der Waals surface area contributed by atoms with Crippen molar-refractivity contribution in [3.8, 4) is 0 Å². The summed E-state index contributed by atoms with van der Waals surface area (Å²) in [5.74, 6) is 0.345. The normalized spacial score (nSPS) is 24.2. The summed E-state index contributed by atoms with van der Waals surface area (Å²) in [6, 6.07) is 0.351. The zero-order valence-corrected chi connectivity index (χ0v) is 14.9. The van der Waals surface area contributed by atoms with Gasteiger partial charge in [-0.3, -0.25) is 9.69 Å². The number of carbonyl (C=O) groups excluding carboxylic acids is 1. The van der Waals surface area contributed by atoms with Crippen molar-refractivity contribution in [1.82, 2.24) is 14.7 Å². The second kappa shape index (κ2) is 8.63. The van der Waals surface area contributed by atoms with Gasteiger partial charge in [-0.15, -0.1) is 0 Å². The Balaban J connectivity index is 0.000000829. The highest BCUT2D eigenvalue weighted by atomic mass is 16.2. The quantitative estimate of drug-likeness (QED) is 0.779. The molecule has 4 heteroatoms. The highest BCUT2D eigenvalue weighted by molar-refractivity contribution is 5.89. The lowest BCUT2D eigenvalue weighted by molar-refractivity contribution is -0.142. The van der Waals surface area contributed by atoms with Crippen molar-refractivity contribution in [2.24, 2.45) is 0 Å². The number of hydrogen-bond donors (Lipinski definition) is 0. The van der Waals surface area contributed by atoms with E-state index in [-0.39, 0.29) is 5.54 Å². The number of piperazine rings is 1. The molecule has 4 nitrogen and oxygen atoms in total. The van der Waals surface area contributed by atoms with Crippen LogP contribution in [-0.2, 0) is 4.79 Å². The van der Waals surface area contributed by atoms with Gasteiger partial charge in [-0.05, 0) is 40.9 Å². The molecular formula is C16H35N3O. The first-order valence-electron chi connectivity index (χ1n) is 8.14. The Bertz CT molecular complexity index is 287. The topological polar surface area (TPSA) is 26.8 Å². The van der Waals surface area contributed by atoms with E-state index in [9.17, 15) is 4.79 Å². The summed E-state index contributed by atoms with van der Waals surface area (Å²) in [5.41, 5.74) is -0.163. The van der Waals surface area contributed by atoms with E-state index in [1.54, 1.807) is 0 Å². The molecule has 0 aromatic carbocycles. The van der Waals surface area contributed by atoms with Crippen LogP contribution in [0.4, 0.5) is 0 Å². The van der Waals surface area contributed by atoms with Crippen molar-refractivity contribution in [3.63, 3.8) is 0 Å². The van der Waals surface area contributed by atoms with Gasteiger partial charge in [0.05, 0.1) is 0 Å². The van der Waals surface area contributed by atoms with Gasteiger partial charge in [0.2, 0.25) is 5.91 Å². The molecule has 2 rings (SSSR count). The lowest BCUT2D eigenvalue weighted by atomic mass is 10.1. The predicted octanol–water partition coefficient (Wildman–Crippen LogP) is 2.30. The van der Waals surface area contributed by atoms with Crippen molar-refractivity contribution in [3.05, 3.63) is 0 Å². The number of carbonyl (C=O) groups is 1. The van der Waals surface area contributed by atoms with E-state index in [2.05, 4.69) is 28.7 Å². The van der Waals surface area contributed by atoms with Gasteiger partial charge in [-0.25, -0.2) is 0 Å². The molecule has 0 radical (unpaired) electrons. The van der Waals surface area contributed by atoms with E-state index in [0.717, 1.165) is 32.5 Å². The Morgan fingerprint density at radius 1 is 1.10 bits per heavy atom. The van der Waals surface area contributed by atoms with E-state index in [1.807, 2.05) is 41.8 Å². The van der Waals surface area contributed by atoms with Crippen molar-refractivity contribution in [2.45, 2.75) is 59.0 Å². The minimum atomic E-state index is -0.163. The Morgan fingerprint density at radius 2 is 1.60 bits per heavy atom. The fraction of sp³-hybridized carbons (Fsp3) is 0.938. The zero-order chi connectivity index (χ0) is 15.9. The summed E-state index contributed by atoms with van der Waals surface area (Å²) in [6.07, 6.45) is 2.05. The molecule has 1 amide bonds. The maximum atomic E-state index is 12.5. The Labute approximate surface area is 126 Å². The molecule has 20 heavy (non-hydrogen) atoms. The third-order valence-electron chi connectivity index (χ3n) is 4.07. The Kier molecular flexibility index (Phi) is 8.36. The fourth-order valence-electron chi connectivity index (χ4n) is 2.68. The van der Waals surface area contributed by atoms with Crippen LogP contribution < -0.4 is 0 Å². The molecule has 2 aliphatic rings. The monoisotopic (exact) mass is 285 g/mol. The zero-order valence-electron chi connectivity index (χ0n) is 14.9. The molecular weight excluding hydrogens is 250 g/mol. The van der Waals surface area contributed by atoms with Crippen LogP contribution in [0.25, 0.3) is 0 Å². The number of amides is 1. The minimum absolute atomic E-state index is 0.163. The molecule has 1 atom stereocenters. The van der Waals surface area contributed by atoms with Gasteiger partial charge in [0.25, 0.3) is 0 Å². The first-order chi connectivity index (χ1) is 9.47. The van der Waals surface area contributed by atoms with Crippen molar-refractivity contribution < 1.29 is 4.79 Å². The van der Waals surface area contributed by atoms with Gasteiger partial charge in [-0.2, -0.15) is 0 Å². The average molecular weight is 285 g/mol. The Morgan fingerprint density at radius 3 is 1.95 bits per heavy atom. The molecule has 0 spiro atoms. The lowest BCUT2D eigenvalue weighted by Crippen LogP contribution is -2.58. The van der Waals surface area contributed by atoms with E-state index in [0.29, 0.717) is 11.9 Å². The first-order valence-corrected chi connectivity index (χ1v) is 8.14. The van der Waals surface area contributed by atoms with Gasteiger partial charge in [-0.1, -0.05) is 27.7 Å². The maximum absolute atomic E-state index is 12.5.